The van der Waals surface area contributed by atoms with Gasteiger partial charge in [-0.2, -0.15) is 9.61 Å². The zero-order valence-electron chi connectivity index (χ0n) is 16.1. The van der Waals surface area contributed by atoms with E-state index in [0.717, 1.165) is 34.8 Å². The van der Waals surface area contributed by atoms with E-state index in [1.807, 2.05) is 10.7 Å². The zero-order chi connectivity index (χ0) is 18.2. The van der Waals surface area contributed by atoms with E-state index >= 15 is 0 Å². The monoisotopic (exact) mass is 336 g/mol. The maximum atomic E-state index is 4.95. The minimum atomic E-state index is -0.0230. The maximum Gasteiger partial charge on any atom is 0.165 e. The number of rotatable bonds is 4. The Hall–Kier alpha value is -2.36. The molecule has 0 fully saturated rings. The molecule has 3 rings (SSSR count). The van der Waals surface area contributed by atoms with Crippen LogP contribution in [0.3, 0.4) is 0 Å². The summed E-state index contributed by atoms with van der Waals surface area (Å²) in [5, 5.41) is 8.14. The molecule has 3 aromatic rings. The van der Waals surface area contributed by atoms with Crippen molar-refractivity contribution in [2.75, 3.05) is 11.9 Å². The minimum absolute atomic E-state index is 0.0230. The van der Waals surface area contributed by atoms with Crippen molar-refractivity contribution < 1.29 is 0 Å². The Morgan fingerprint density at radius 3 is 2.40 bits per heavy atom. The quantitative estimate of drug-likeness (QED) is 0.723. The smallest absolute Gasteiger partial charge is 0.165 e. The third-order valence-corrected chi connectivity index (χ3v) is 4.29. The molecule has 0 aliphatic heterocycles. The van der Waals surface area contributed by atoms with Crippen LogP contribution >= 0.6 is 0 Å². The number of aromatic nitrogens is 3. The highest BCUT2D eigenvalue weighted by Gasteiger charge is 2.20. The Bertz CT molecular complexity index is 867. The van der Waals surface area contributed by atoms with Crippen molar-refractivity contribution in [3.63, 3.8) is 0 Å². The molecule has 0 saturated carbocycles. The SMILES string of the molecule is Cc1ccc(-c2cnn3c(NCC(C)C)cc(C(C)(C)C)nc23)cc1. The predicted octanol–water partition coefficient (Wildman–Crippen LogP) is 5.07. The first kappa shape index (κ1) is 17.5. The van der Waals surface area contributed by atoms with E-state index in [4.69, 9.17) is 4.98 Å². The van der Waals surface area contributed by atoms with E-state index < -0.39 is 0 Å². The summed E-state index contributed by atoms with van der Waals surface area (Å²) in [5.41, 5.74) is 5.42. The first-order valence-electron chi connectivity index (χ1n) is 8.96. The zero-order valence-corrected chi connectivity index (χ0v) is 16.1. The molecule has 0 aliphatic rings. The molecule has 0 amide bonds. The summed E-state index contributed by atoms with van der Waals surface area (Å²) >= 11 is 0. The van der Waals surface area contributed by atoms with Crippen molar-refractivity contribution >= 4 is 11.5 Å². The summed E-state index contributed by atoms with van der Waals surface area (Å²) in [6, 6.07) is 10.7. The van der Waals surface area contributed by atoms with Gasteiger partial charge in [0.15, 0.2) is 5.65 Å². The summed E-state index contributed by atoms with van der Waals surface area (Å²) in [6.07, 6.45) is 1.92. The van der Waals surface area contributed by atoms with Gasteiger partial charge < -0.3 is 5.32 Å². The van der Waals surface area contributed by atoms with Gasteiger partial charge in [0.2, 0.25) is 0 Å². The molecule has 2 aromatic heterocycles. The Morgan fingerprint density at radius 2 is 1.80 bits per heavy atom. The van der Waals surface area contributed by atoms with Gasteiger partial charge in [0.1, 0.15) is 5.82 Å². The molecule has 0 bridgehead atoms. The fourth-order valence-corrected chi connectivity index (χ4v) is 2.72. The van der Waals surface area contributed by atoms with Gasteiger partial charge in [-0.25, -0.2) is 4.98 Å². The average molecular weight is 336 g/mol. The van der Waals surface area contributed by atoms with Crippen LogP contribution in [0.5, 0.6) is 0 Å². The fourth-order valence-electron chi connectivity index (χ4n) is 2.72. The largest absolute Gasteiger partial charge is 0.370 e. The molecular weight excluding hydrogens is 308 g/mol. The van der Waals surface area contributed by atoms with E-state index in [2.05, 4.69) is 82.3 Å². The molecule has 0 atom stereocenters. The summed E-state index contributed by atoms with van der Waals surface area (Å²) in [5.74, 6) is 1.57. The van der Waals surface area contributed by atoms with Crippen LogP contribution in [0.1, 0.15) is 45.9 Å². The van der Waals surface area contributed by atoms with Gasteiger partial charge in [-0.15, -0.1) is 0 Å². The van der Waals surface area contributed by atoms with Crippen LogP contribution in [0.2, 0.25) is 0 Å². The molecule has 1 aromatic carbocycles. The van der Waals surface area contributed by atoms with E-state index in [1.165, 1.54) is 5.56 Å². The summed E-state index contributed by atoms with van der Waals surface area (Å²) in [4.78, 5) is 4.95. The lowest BCUT2D eigenvalue weighted by molar-refractivity contribution is 0.568. The van der Waals surface area contributed by atoms with Crippen LogP contribution in [0.15, 0.2) is 36.5 Å². The lowest BCUT2D eigenvalue weighted by atomic mass is 9.92. The number of anilines is 1. The van der Waals surface area contributed by atoms with Gasteiger partial charge in [-0.1, -0.05) is 64.4 Å². The molecule has 25 heavy (non-hydrogen) atoms. The fraction of sp³-hybridized carbons (Fsp3) is 0.429. The Morgan fingerprint density at radius 1 is 1.12 bits per heavy atom. The van der Waals surface area contributed by atoms with Crippen LogP contribution in [0.25, 0.3) is 16.8 Å². The second-order valence-electron chi connectivity index (χ2n) is 8.21. The number of hydrogen-bond donors (Lipinski definition) is 1. The predicted molar refractivity (Wildman–Crippen MR) is 105 cm³/mol. The second kappa shape index (κ2) is 6.51. The van der Waals surface area contributed by atoms with Crippen LogP contribution in [-0.2, 0) is 5.41 Å². The first-order chi connectivity index (χ1) is 11.8. The lowest BCUT2D eigenvalue weighted by Gasteiger charge is -2.20. The van der Waals surface area contributed by atoms with Gasteiger partial charge in [0, 0.05) is 23.6 Å². The van der Waals surface area contributed by atoms with Gasteiger partial charge >= 0.3 is 0 Å². The first-order valence-corrected chi connectivity index (χ1v) is 8.96. The average Bonchev–Trinajstić information content (AvgIpc) is 2.96. The van der Waals surface area contributed by atoms with Crippen molar-refractivity contribution in [1.29, 1.82) is 0 Å². The molecule has 0 aliphatic carbocycles. The van der Waals surface area contributed by atoms with Crippen LogP contribution < -0.4 is 5.32 Å². The maximum absolute atomic E-state index is 4.95. The van der Waals surface area contributed by atoms with Crippen LogP contribution in [0, 0.1) is 12.8 Å². The number of nitrogens with zero attached hydrogens (tertiary/aromatic N) is 3. The van der Waals surface area contributed by atoms with E-state index in [-0.39, 0.29) is 5.41 Å². The van der Waals surface area contributed by atoms with Crippen molar-refractivity contribution in [3.05, 3.63) is 47.8 Å². The topological polar surface area (TPSA) is 42.2 Å². The van der Waals surface area contributed by atoms with Gasteiger partial charge in [-0.05, 0) is 18.4 Å². The molecule has 0 spiro atoms. The molecule has 1 N–H and O–H groups in total. The van der Waals surface area contributed by atoms with Crippen molar-refractivity contribution in [1.82, 2.24) is 14.6 Å². The Balaban J connectivity index is 2.17. The molecule has 0 unspecified atom stereocenters. The molecule has 2 heterocycles. The highest BCUT2D eigenvalue weighted by molar-refractivity contribution is 5.78. The lowest BCUT2D eigenvalue weighted by Crippen LogP contribution is -2.18. The number of aryl methyl sites for hydroxylation is 1. The molecular formula is C21H28N4. The third-order valence-electron chi connectivity index (χ3n) is 4.29. The van der Waals surface area contributed by atoms with Gasteiger partial charge in [-0.3, -0.25) is 0 Å². The normalized spacial score (nSPS) is 12.1. The highest BCUT2D eigenvalue weighted by Crippen LogP contribution is 2.29. The molecule has 132 valence electrons. The van der Waals surface area contributed by atoms with E-state index in [9.17, 15) is 0 Å². The third kappa shape index (κ3) is 3.68. The molecule has 4 heteroatoms. The van der Waals surface area contributed by atoms with Crippen molar-refractivity contribution in [2.45, 2.75) is 47.0 Å². The summed E-state index contributed by atoms with van der Waals surface area (Å²) < 4.78 is 1.92. The Kier molecular flexibility index (Phi) is 4.55. The number of hydrogen-bond acceptors (Lipinski definition) is 3. The van der Waals surface area contributed by atoms with Crippen LogP contribution in [-0.4, -0.2) is 21.1 Å². The summed E-state index contributed by atoms with van der Waals surface area (Å²) in [6.45, 7) is 14.0. The number of nitrogens with one attached hydrogen (secondary N) is 1. The Labute approximate surface area is 150 Å². The highest BCUT2D eigenvalue weighted by atomic mass is 15.3. The second-order valence-corrected chi connectivity index (χ2v) is 8.21. The van der Waals surface area contributed by atoms with Gasteiger partial charge in [0.25, 0.3) is 0 Å². The standard InChI is InChI=1S/C21H28N4/c1-14(2)12-22-19-11-18(21(4,5)6)24-20-17(13-23-25(19)20)16-9-7-15(3)8-10-16/h7-11,13-14,22H,12H2,1-6H3. The van der Waals surface area contributed by atoms with Crippen molar-refractivity contribution in [2.24, 2.45) is 5.92 Å². The summed E-state index contributed by atoms with van der Waals surface area (Å²) in [7, 11) is 0. The molecule has 0 radical (unpaired) electrons. The molecule has 4 nitrogen and oxygen atoms in total. The number of benzene rings is 1. The van der Waals surface area contributed by atoms with Crippen LogP contribution in [0.4, 0.5) is 5.82 Å². The van der Waals surface area contributed by atoms with E-state index in [1.54, 1.807) is 0 Å². The minimum Gasteiger partial charge on any atom is -0.370 e. The number of fused-ring (bicyclic) bond motifs is 1. The van der Waals surface area contributed by atoms with Crippen molar-refractivity contribution in [3.8, 4) is 11.1 Å². The van der Waals surface area contributed by atoms with Gasteiger partial charge in [0.05, 0.1) is 11.9 Å². The molecule has 0 saturated heterocycles. The van der Waals surface area contributed by atoms with E-state index in [0.29, 0.717) is 5.92 Å².